The Hall–Kier alpha value is -3.07. The van der Waals surface area contributed by atoms with Crippen molar-refractivity contribution in [2.24, 2.45) is 0 Å². The first-order valence-electron chi connectivity index (χ1n) is 8.06. The molecule has 0 bridgehead atoms. The molecule has 0 unspecified atom stereocenters. The molecule has 0 aliphatic carbocycles. The van der Waals surface area contributed by atoms with Crippen molar-refractivity contribution in [1.29, 1.82) is 0 Å². The van der Waals surface area contributed by atoms with Crippen molar-refractivity contribution in [2.75, 3.05) is 11.9 Å². The lowest BCUT2D eigenvalue weighted by atomic mass is 10.0. The van der Waals surface area contributed by atoms with Crippen molar-refractivity contribution in [1.82, 2.24) is 9.97 Å². The third-order valence-corrected chi connectivity index (χ3v) is 3.90. The first-order valence-corrected chi connectivity index (χ1v) is 8.06. The van der Waals surface area contributed by atoms with Crippen molar-refractivity contribution >= 4 is 11.6 Å². The summed E-state index contributed by atoms with van der Waals surface area (Å²) in [6, 6.07) is 12.7. The molecule has 146 valence electrons. The highest BCUT2D eigenvalue weighted by Crippen LogP contribution is 2.31. The van der Waals surface area contributed by atoms with Gasteiger partial charge in [-0.05, 0) is 29.3 Å². The van der Waals surface area contributed by atoms with Gasteiger partial charge in [0.2, 0.25) is 5.95 Å². The van der Waals surface area contributed by atoms with E-state index in [1.165, 1.54) is 24.3 Å². The molecule has 0 atom stereocenters. The number of nitrogens with one attached hydrogen (secondary N) is 1. The molecular weight excluding hydrogens is 381 g/mol. The van der Waals surface area contributed by atoms with Crippen LogP contribution in [0.2, 0.25) is 0 Å². The van der Waals surface area contributed by atoms with Gasteiger partial charge >= 0.3 is 6.18 Å². The lowest BCUT2D eigenvalue weighted by Gasteiger charge is -2.14. The molecule has 0 spiro atoms. The van der Waals surface area contributed by atoms with E-state index in [0.29, 0.717) is 16.8 Å². The van der Waals surface area contributed by atoms with E-state index < -0.39 is 24.4 Å². The monoisotopic (exact) mass is 395 g/mol. The fraction of sp³-hybridized carbons (Fsp3) is 0.158. The summed E-state index contributed by atoms with van der Waals surface area (Å²) in [5.74, 6) is -3.55. The number of anilines is 2. The predicted molar refractivity (Wildman–Crippen MR) is 93.2 cm³/mol. The zero-order chi connectivity index (χ0) is 20.4. The van der Waals surface area contributed by atoms with E-state index in [4.69, 9.17) is 5.11 Å². The Balaban J connectivity index is 1.83. The number of alkyl halides is 5. The maximum Gasteiger partial charge on any atom is 0.433 e. The Morgan fingerprint density at radius 3 is 2.25 bits per heavy atom. The second-order valence-electron chi connectivity index (χ2n) is 5.91. The summed E-state index contributed by atoms with van der Waals surface area (Å²) in [7, 11) is 0. The quantitative estimate of drug-likeness (QED) is 0.598. The number of aromatic nitrogens is 2. The number of halogens is 5. The number of aliphatic hydroxyl groups is 1. The first-order chi connectivity index (χ1) is 13.2. The normalized spacial score (nSPS) is 12.1. The molecule has 1 aromatic heterocycles. The summed E-state index contributed by atoms with van der Waals surface area (Å²) in [6.07, 6.45) is -3.58. The van der Waals surface area contributed by atoms with E-state index in [1.54, 1.807) is 24.3 Å². The van der Waals surface area contributed by atoms with E-state index in [0.717, 1.165) is 12.3 Å². The molecule has 0 aliphatic heterocycles. The lowest BCUT2D eigenvalue weighted by Crippen LogP contribution is -2.18. The van der Waals surface area contributed by atoms with Gasteiger partial charge in [-0.15, -0.1) is 0 Å². The third kappa shape index (κ3) is 4.42. The molecule has 1 heterocycles. The summed E-state index contributed by atoms with van der Waals surface area (Å²) < 4.78 is 65.2. The molecule has 0 aliphatic rings. The molecular formula is C19H14F5N3O. The molecule has 3 aromatic rings. The molecule has 3 rings (SSSR count). The molecule has 2 N–H and O–H groups in total. The van der Waals surface area contributed by atoms with E-state index in [2.05, 4.69) is 15.3 Å². The van der Waals surface area contributed by atoms with Crippen LogP contribution in [-0.4, -0.2) is 21.7 Å². The summed E-state index contributed by atoms with van der Waals surface area (Å²) in [5, 5.41) is 11.4. The van der Waals surface area contributed by atoms with E-state index >= 15 is 0 Å². The third-order valence-electron chi connectivity index (χ3n) is 3.90. The number of nitrogens with zero attached hydrogens (tertiary/aromatic N) is 2. The maximum atomic E-state index is 13.5. The van der Waals surface area contributed by atoms with Crippen molar-refractivity contribution in [3.05, 3.63) is 72.1 Å². The van der Waals surface area contributed by atoms with Crippen LogP contribution in [0.15, 0.2) is 60.8 Å². The molecule has 0 fully saturated rings. The second kappa shape index (κ2) is 7.51. The van der Waals surface area contributed by atoms with Gasteiger partial charge in [0.1, 0.15) is 12.3 Å². The smallest absolute Gasteiger partial charge is 0.390 e. The van der Waals surface area contributed by atoms with Crippen LogP contribution in [0.5, 0.6) is 0 Å². The number of benzene rings is 2. The topological polar surface area (TPSA) is 58.0 Å². The van der Waals surface area contributed by atoms with Crippen molar-refractivity contribution in [3.8, 4) is 11.1 Å². The van der Waals surface area contributed by atoms with Gasteiger partial charge < -0.3 is 10.4 Å². The fourth-order valence-corrected chi connectivity index (χ4v) is 2.48. The SMILES string of the molecule is OCC(F)(F)c1ccc(-c2cccc(Nc3nccc(C(F)(F)F)n3)c2)cc1. The van der Waals surface area contributed by atoms with Crippen LogP contribution >= 0.6 is 0 Å². The number of hydrogen-bond acceptors (Lipinski definition) is 4. The van der Waals surface area contributed by atoms with Crippen LogP contribution < -0.4 is 5.32 Å². The number of hydrogen-bond donors (Lipinski definition) is 2. The maximum absolute atomic E-state index is 13.5. The molecule has 0 radical (unpaired) electrons. The van der Waals surface area contributed by atoms with Gasteiger partial charge in [-0.3, -0.25) is 0 Å². The van der Waals surface area contributed by atoms with Crippen LogP contribution in [0.25, 0.3) is 11.1 Å². The van der Waals surface area contributed by atoms with Gasteiger partial charge in [-0.2, -0.15) is 22.0 Å². The zero-order valence-corrected chi connectivity index (χ0v) is 14.2. The Kier molecular flexibility index (Phi) is 5.28. The molecule has 9 heteroatoms. The Morgan fingerprint density at radius 1 is 0.893 bits per heavy atom. The molecule has 0 saturated heterocycles. The van der Waals surface area contributed by atoms with Crippen molar-refractivity contribution in [2.45, 2.75) is 12.1 Å². The first kappa shape index (κ1) is 19.7. The number of aliphatic hydroxyl groups excluding tert-OH is 1. The average molecular weight is 395 g/mol. The summed E-state index contributed by atoms with van der Waals surface area (Å²) in [6.45, 7) is -1.29. The largest absolute Gasteiger partial charge is 0.433 e. The summed E-state index contributed by atoms with van der Waals surface area (Å²) >= 11 is 0. The Labute approximate surface area is 156 Å². The molecule has 0 saturated carbocycles. The van der Waals surface area contributed by atoms with Crippen LogP contribution in [0, 0.1) is 0 Å². The van der Waals surface area contributed by atoms with Gasteiger partial charge in [-0.1, -0.05) is 36.4 Å². The van der Waals surface area contributed by atoms with Gasteiger partial charge in [-0.25, -0.2) is 9.97 Å². The minimum absolute atomic E-state index is 0.218. The zero-order valence-electron chi connectivity index (χ0n) is 14.2. The van der Waals surface area contributed by atoms with Crippen LogP contribution in [-0.2, 0) is 12.1 Å². The minimum atomic E-state index is -4.58. The van der Waals surface area contributed by atoms with Gasteiger partial charge in [0.15, 0.2) is 0 Å². The lowest BCUT2D eigenvalue weighted by molar-refractivity contribution is -0.141. The van der Waals surface area contributed by atoms with E-state index in [1.807, 2.05) is 0 Å². The Bertz CT molecular complexity index is 958. The molecule has 28 heavy (non-hydrogen) atoms. The van der Waals surface area contributed by atoms with Crippen molar-refractivity contribution in [3.63, 3.8) is 0 Å². The average Bonchev–Trinajstić information content (AvgIpc) is 2.68. The van der Waals surface area contributed by atoms with Gasteiger partial charge in [0.05, 0.1) is 0 Å². The van der Waals surface area contributed by atoms with Gasteiger partial charge in [0.25, 0.3) is 5.92 Å². The molecule has 2 aromatic carbocycles. The summed E-state index contributed by atoms with van der Waals surface area (Å²) in [4.78, 5) is 7.20. The van der Waals surface area contributed by atoms with Crippen LogP contribution in [0.1, 0.15) is 11.3 Å². The fourth-order valence-electron chi connectivity index (χ4n) is 2.48. The van der Waals surface area contributed by atoms with E-state index in [9.17, 15) is 22.0 Å². The molecule has 4 nitrogen and oxygen atoms in total. The van der Waals surface area contributed by atoms with E-state index in [-0.39, 0.29) is 11.5 Å². The van der Waals surface area contributed by atoms with Crippen molar-refractivity contribution < 1.29 is 27.1 Å². The second-order valence-corrected chi connectivity index (χ2v) is 5.91. The van der Waals surface area contributed by atoms with Crippen LogP contribution in [0.3, 0.4) is 0 Å². The Morgan fingerprint density at radius 2 is 1.61 bits per heavy atom. The number of rotatable bonds is 5. The van der Waals surface area contributed by atoms with Gasteiger partial charge in [0, 0.05) is 17.4 Å². The predicted octanol–water partition coefficient (Wildman–Crippen LogP) is 4.99. The van der Waals surface area contributed by atoms with Crippen LogP contribution in [0.4, 0.5) is 33.6 Å². The standard InChI is InChI=1S/C19H14F5N3O/c20-18(21,11-28)14-6-4-12(5-7-14)13-2-1-3-15(10-13)26-17-25-9-8-16(27-17)19(22,23)24/h1-10,28H,11H2,(H,25,26,27). The minimum Gasteiger partial charge on any atom is -0.390 e. The summed E-state index contributed by atoms with van der Waals surface area (Å²) in [5.41, 5.74) is 0.315. The molecule has 0 amide bonds. The highest BCUT2D eigenvalue weighted by atomic mass is 19.4. The highest BCUT2D eigenvalue weighted by Gasteiger charge is 2.33. The highest BCUT2D eigenvalue weighted by molar-refractivity contribution is 5.69.